The van der Waals surface area contributed by atoms with Crippen LogP contribution in [0.3, 0.4) is 0 Å². The molecule has 0 saturated heterocycles. The molecular weight excluding hydrogens is 533 g/mol. The molecule has 3 aromatic carbocycles. The fraction of sp³-hybridized carbons (Fsp3) is 0.241. The summed E-state index contributed by atoms with van der Waals surface area (Å²) in [4.78, 5) is 11.3. The van der Waals surface area contributed by atoms with Crippen molar-refractivity contribution in [2.24, 2.45) is 0 Å². The van der Waals surface area contributed by atoms with E-state index in [2.05, 4.69) is 23.0 Å². The van der Waals surface area contributed by atoms with Crippen LogP contribution in [0.25, 0.3) is 22.2 Å². The molecule has 0 unspecified atom stereocenters. The minimum absolute atomic E-state index is 0.0770. The number of benzene rings is 3. The third-order valence-corrected chi connectivity index (χ3v) is 6.40. The SMILES string of the molecule is CCN1CC=C(c2ccc(-n3ncc4cc(F)c(OCc5ccccc5)c(F)c43)cc2)CC1.O=C(O)C(F)(F)F. The number of halogens is 5. The Labute approximate surface area is 226 Å². The van der Waals surface area contributed by atoms with Crippen molar-refractivity contribution in [3.05, 3.63) is 95.7 Å². The zero-order valence-corrected chi connectivity index (χ0v) is 21.5. The average Bonchev–Trinajstić information content (AvgIpc) is 3.37. The molecule has 4 aromatic rings. The van der Waals surface area contributed by atoms with E-state index in [0.717, 1.165) is 37.2 Å². The predicted octanol–water partition coefficient (Wildman–Crippen LogP) is 6.63. The summed E-state index contributed by atoms with van der Waals surface area (Å²) < 4.78 is 68.8. The molecule has 11 heteroatoms. The summed E-state index contributed by atoms with van der Waals surface area (Å²) in [7, 11) is 0. The van der Waals surface area contributed by atoms with Gasteiger partial charge in [-0.15, -0.1) is 0 Å². The Morgan fingerprint density at radius 2 is 1.75 bits per heavy atom. The minimum Gasteiger partial charge on any atom is -0.483 e. The van der Waals surface area contributed by atoms with Gasteiger partial charge in [0.1, 0.15) is 12.1 Å². The highest BCUT2D eigenvalue weighted by Gasteiger charge is 2.38. The second kappa shape index (κ2) is 12.3. The highest BCUT2D eigenvalue weighted by atomic mass is 19.4. The van der Waals surface area contributed by atoms with E-state index in [1.165, 1.54) is 22.5 Å². The number of carboxylic acid groups (broad SMARTS) is 1. The molecule has 1 aromatic heterocycles. The minimum atomic E-state index is -5.08. The zero-order chi connectivity index (χ0) is 28.9. The smallest absolute Gasteiger partial charge is 0.483 e. The molecule has 0 bridgehead atoms. The van der Waals surface area contributed by atoms with Gasteiger partial charge in [-0.05, 0) is 47.9 Å². The van der Waals surface area contributed by atoms with Gasteiger partial charge in [-0.2, -0.15) is 18.3 Å². The van der Waals surface area contributed by atoms with Crippen LogP contribution in [-0.4, -0.2) is 51.6 Å². The van der Waals surface area contributed by atoms with Gasteiger partial charge in [-0.25, -0.2) is 18.3 Å². The number of likely N-dealkylation sites (N-methyl/N-ethyl adjacent to an activating group) is 1. The van der Waals surface area contributed by atoms with Crippen molar-refractivity contribution in [2.45, 2.75) is 26.1 Å². The van der Waals surface area contributed by atoms with E-state index >= 15 is 4.39 Å². The summed E-state index contributed by atoms with van der Waals surface area (Å²) >= 11 is 0. The van der Waals surface area contributed by atoms with Crippen molar-refractivity contribution in [3.8, 4) is 11.4 Å². The van der Waals surface area contributed by atoms with E-state index < -0.39 is 29.5 Å². The Balaban J connectivity index is 0.000000470. The molecule has 0 atom stereocenters. The van der Waals surface area contributed by atoms with Gasteiger partial charge in [0.25, 0.3) is 0 Å². The molecule has 40 heavy (non-hydrogen) atoms. The quantitative estimate of drug-likeness (QED) is 0.269. The van der Waals surface area contributed by atoms with Gasteiger partial charge < -0.3 is 9.84 Å². The number of nitrogens with zero attached hydrogens (tertiary/aromatic N) is 3. The molecule has 6 nitrogen and oxygen atoms in total. The Kier molecular flexibility index (Phi) is 8.83. The molecule has 1 aliphatic rings. The lowest BCUT2D eigenvalue weighted by molar-refractivity contribution is -0.192. The first-order valence-electron chi connectivity index (χ1n) is 12.4. The van der Waals surface area contributed by atoms with Gasteiger partial charge in [0.05, 0.1) is 11.9 Å². The maximum Gasteiger partial charge on any atom is 0.490 e. The fourth-order valence-electron chi connectivity index (χ4n) is 4.24. The van der Waals surface area contributed by atoms with Crippen LogP contribution in [0.5, 0.6) is 5.75 Å². The fourth-order valence-corrected chi connectivity index (χ4v) is 4.24. The van der Waals surface area contributed by atoms with E-state index in [-0.39, 0.29) is 12.1 Å². The van der Waals surface area contributed by atoms with Crippen LogP contribution in [0, 0.1) is 11.6 Å². The summed E-state index contributed by atoms with van der Waals surface area (Å²) in [5, 5.41) is 11.8. The number of hydrogen-bond acceptors (Lipinski definition) is 4. The maximum atomic E-state index is 15.4. The van der Waals surface area contributed by atoms with Crippen molar-refractivity contribution in [1.82, 2.24) is 14.7 Å². The van der Waals surface area contributed by atoms with Gasteiger partial charge in [0.15, 0.2) is 17.4 Å². The van der Waals surface area contributed by atoms with Gasteiger partial charge >= 0.3 is 12.1 Å². The van der Waals surface area contributed by atoms with Gasteiger partial charge in [0, 0.05) is 18.5 Å². The monoisotopic (exact) mass is 559 g/mol. The topological polar surface area (TPSA) is 67.6 Å². The number of hydrogen-bond donors (Lipinski definition) is 1. The number of rotatable bonds is 6. The highest BCUT2D eigenvalue weighted by Crippen LogP contribution is 2.32. The summed E-state index contributed by atoms with van der Waals surface area (Å²) in [5.41, 5.74) is 4.22. The lowest BCUT2D eigenvalue weighted by atomic mass is 9.99. The first kappa shape index (κ1) is 28.8. The third-order valence-electron chi connectivity index (χ3n) is 6.40. The molecule has 0 fully saturated rings. The number of carbonyl (C=O) groups is 1. The third kappa shape index (κ3) is 6.66. The van der Waals surface area contributed by atoms with Crippen molar-refractivity contribution in [3.63, 3.8) is 0 Å². The Hall–Kier alpha value is -4.25. The van der Waals surface area contributed by atoms with Crippen LogP contribution in [0.2, 0.25) is 0 Å². The van der Waals surface area contributed by atoms with Gasteiger partial charge in [-0.3, -0.25) is 4.90 Å². The van der Waals surface area contributed by atoms with Crippen LogP contribution < -0.4 is 4.74 Å². The number of aromatic nitrogens is 2. The summed E-state index contributed by atoms with van der Waals surface area (Å²) in [6.07, 6.45) is -0.336. The van der Waals surface area contributed by atoms with Crippen LogP contribution >= 0.6 is 0 Å². The predicted molar refractivity (Wildman–Crippen MR) is 140 cm³/mol. The molecular formula is C29H26F5N3O3. The first-order chi connectivity index (χ1) is 19.1. The second-order valence-electron chi connectivity index (χ2n) is 8.99. The first-order valence-corrected chi connectivity index (χ1v) is 12.4. The largest absolute Gasteiger partial charge is 0.490 e. The summed E-state index contributed by atoms with van der Waals surface area (Å²) in [6, 6.07) is 18.5. The van der Waals surface area contributed by atoms with Crippen molar-refractivity contribution < 1.29 is 36.6 Å². The van der Waals surface area contributed by atoms with Crippen LogP contribution in [0.15, 0.2) is 72.9 Å². The molecule has 1 N–H and O–H groups in total. The molecule has 2 heterocycles. The van der Waals surface area contributed by atoms with Crippen molar-refractivity contribution in [2.75, 3.05) is 19.6 Å². The van der Waals surface area contributed by atoms with E-state index in [1.54, 1.807) is 0 Å². The molecule has 0 spiro atoms. The van der Waals surface area contributed by atoms with E-state index in [0.29, 0.717) is 11.1 Å². The number of carboxylic acids is 1. The summed E-state index contributed by atoms with van der Waals surface area (Å²) in [6.45, 7) is 5.31. The summed E-state index contributed by atoms with van der Waals surface area (Å²) in [5.74, 6) is -4.64. The molecule has 210 valence electrons. The van der Waals surface area contributed by atoms with E-state index in [1.807, 2.05) is 54.6 Å². The van der Waals surface area contributed by atoms with Crippen LogP contribution in [0.1, 0.15) is 24.5 Å². The van der Waals surface area contributed by atoms with Crippen LogP contribution in [-0.2, 0) is 11.4 Å². The standard InChI is InChI=1S/C27H25F2N3O.C2HF3O2/c1-2-31-14-12-21(13-15-31)20-8-10-23(11-9-20)32-26-22(17-30-32)16-24(28)27(25(26)29)33-18-19-6-4-3-5-7-19;3-2(4,5)1(6)7/h3-12,16-17H,2,13-15,18H2,1H3;(H,6,7). The Bertz CT molecular complexity index is 1500. The molecule has 5 rings (SSSR count). The van der Waals surface area contributed by atoms with E-state index in [9.17, 15) is 17.6 Å². The zero-order valence-electron chi connectivity index (χ0n) is 21.5. The van der Waals surface area contributed by atoms with Crippen LogP contribution in [0.4, 0.5) is 22.0 Å². The maximum absolute atomic E-state index is 15.4. The molecule has 1 aliphatic heterocycles. The van der Waals surface area contributed by atoms with E-state index in [4.69, 9.17) is 14.6 Å². The Morgan fingerprint density at radius 3 is 2.33 bits per heavy atom. The lowest BCUT2D eigenvalue weighted by Crippen LogP contribution is -2.27. The van der Waals surface area contributed by atoms with Gasteiger partial charge in [0.2, 0.25) is 0 Å². The normalized spacial score (nSPS) is 13.9. The second-order valence-corrected chi connectivity index (χ2v) is 8.99. The van der Waals surface area contributed by atoms with Gasteiger partial charge in [-0.1, -0.05) is 55.5 Å². The number of ether oxygens (including phenoxy) is 1. The van der Waals surface area contributed by atoms with Crippen molar-refractivity contribution in [1.29, 1.82) is 0 Å². The molecule has 0 radical (unpaired) electrons. The lowest BCUT2D eigenvalue weighted by Gasteiger charge is -2.25. The van der Waals surface area contributed by atoms with Crippen molar-refractivity contribution >= 4 is 22.4 Å². The number of alkyl halides is 3. The molecule has 0 amide bonds. The molecule has 0 saturated carbocycles. The number of fused-ring (bicyclic) bond motifs is 1. The highest BCUT2D eigenvalue weighted by molar-refractivity contribution is 5.83. The average molecular weight is 560 g/mol. The molecule has 0 aliphatic carbocycles. The number of aliphatic carboxylic acids is 1. The Morgan fingerprint density at radius 1 is 1.07 bits per heavy atom.